The second kappa shape index (κ2) is 11.5. The maximum atomic E-state index is 12.3. The number of carbonyl (C=O) groups excluding carboxylic acids is 2. The molecule has 3 amide bonds. The Hall–Kier alpha value is -2.81. The molecule has 0 unspecified atom stereocenters. The second-order valence-corrected chi connectivity index (χ2v) is 11.4. The number of urea groups is 1. The van der Waals surface area contributed by atoms with Crippen molar-refractivity contribution >= 4 is 23.5 Å². The van der Waals surface area contributed by atoms with E-state index in [-0.39, 0.29) is 18.5 Å². The normalized spacial score (nSPS) is 21.5. The third kappa shape index (κ3) is 6.79. The van der Waals surface area contributed by atoms with Crippen LogP contribution in [0.4, 0.5) is 4.79 Å². The van der Waals surface area contributed by atoms with Gasteiger partial charge < -0.3 is 19.9 Å². The summed E-state index contributed by atoms with van der Waals surface area (Å²) in [6, 6.07) is 11.4. The number of nitrogens with zero attached hydrogens (tertiary/aromatic N) is 2. The summed E-state index contributed by atoms with van der Waals surface area (Å²) in [5, 5.41) is 14.6. The van der Waals surface area contributed by atoms with E-state index in [2.05, 4.69) is 10.2 Å². The minimum absolute atomic E-state index is 0.210. The fourth-order valence-electron chi connectivity index (χ4n) is 5.05. The molecule has 0 saturated carbocycles. The second-order valence-electron chi connectivity index (χ2n) is 11.1. The Morgan fingerprint density at radius 1 is 1.05 bits per heavy atom. The maximum Gasteiger partial charge on any atom is 0.325 e. The smallest absolute Gasteiger partial charge is 0.325 e. The SMILES string of the molecule is Cc1cc(OC[C@]2(O)CCCN(Cc3ccc(OCCCN4C(=O)NC(C)(C)C4=O)cc3)C2)cc(C)c1Cl. The predicted octanol–water partition coefficient (Wildman–Crippen LogP) is 4.46. The van der Waals surface area contributed by atoms with Crippen LogP contribution < -0.4 is 14.8 Å². The molecule has 9 heteroatoms. The molecule has 2 aromatic rings. The Kier molecular flexibility index (Phi) is 8.55. The van der Waals surface area contributed by atoms with Gasteiger partial charge in [-0.2, -0.15) is 0 Å². The molecule has 2 aromatic carbocycles. The van der Waals surface area contributed by atoms with Crippen LogP contribution in [-0.2, 0) is 11.3 Å². The number of β-amino-alcohol motifs (C(OH)–C–C–N with tert-alkyl or cyclic N) is 1. The van der Waals surface area contributed by atoms with Crippen molar-refractivity contribution < 1.29 is 24.2 Å². The number of aliphatic hydroxyl groups is 1. The van der Waals surface area contributed by atoms with Gasteiger partial charge in [-0.3, -0.25) is 14.6 Å². The average molecular weight is 544 g/mol. The first-order valence-corrected chi connectivity index (χ1v) is 13.5. The molecule has 2 heterocycles. The standard InChI is InChI=1S/C29H38ClN3O5/c1-20-15-24(16-21(2)25(20)30)38-19-29(36)11-5-12-32(18-29)17-22-7-9-23(10-8-22)37-14-6-13-33-26(34)28(3,4)31-27(33)35/h7-10,15-16,36H,5-6,11-14,17-19H2,1-4H3,(H,31,35)/t29-/m0/s1. The van der Waals surface area contributed by atoms with Gasteiger partial charge in [0.05, 0.1) is 6.61 Å². The van der Waals surface area contributed by atoms with Crippen molar-refractivity contribution in [2.45, 2.75) is 64.6 Å². The summed E-state index contributed by atoms with van der Waals surface area (Å²) >= 11 is 6.26. The molecular weight excluding hydrogens is 506 g/mol. The van der Waals surface area contributed by atoms with E-state index in [1.165, 1.54) is 4.90 Å². The summed E-state index contributed by atoms with van der Waals surface area (Å²) in [4.78, 5) is 27.7. The number of imide groups is 1. The van der Waals surface area contributed by atoms with E-state index in [9.17, 15) is 14.7 Å². The lowest BCUT2D eigenvalue weighted by atomic mass is 9.93. The van der Waals surface area contributed by atoms with Crippen molar-refractivity contribution in [3.05, 3.63) is 58.1 Å². The van der Waals surface area contributed by atoms with Gasteiger partial charge in [0.1, 0.15) is 29.2 Å². The van der Waals surface area contributed by atoms with E-state index in [4.69, 9.17) is 21.1 Å². The molecule has 0 aliphatic carbocycles. The van der Waals surface area contributed by atoms with Crippen molar-refractivity contribution in [2.75, 3.05) is 32.8 Å². The Morgan fingerprint density at radius 3 is 2.37 bits per heavy atom. The number of benzene rings is 2. The summed E-state index contributed by atoms with van der Waals surface area (Å²) in [7, 11) is 0. The lowest BCUT2D eigenvalue weighted by Gasteiger charge is -2.39. The topological polar surface area (TPSA) is 91.3 Å². The highest BCUT2D eigenvalue weighted by Crippen LogP contribution is 2.28. The lowest BCUT2D eigenvalue weighted by Crippen LogP contribution is -2.51. The summed E-state index contributed by atoms with van der Waals surface area (Å²) in [6.45, 7) is 10.4. The Bertz CT molecular complexity index is 1150. The molecule has 2 fully saturated rings. The zero-order valence-corrected chi connectivity index (χ0v) is 23.4. The van der Waals surface area contributed by atoms with Gasteiger partial charge in [-0.1, -0.05) is 23.7 Å². The van der Waals surface area contributed by atoms with Crippen LogP contribution in [0.5, 0.6) is 11.5 Å². The van der Waals surface area contributed by atoms with Crippen LogP contribution in [0.3, 0.4) is 0 Å². The zero-order chi connectivity index (χ0) is 27.5. The van der Waals surface area contributed by atoms with Crippen molar-refractivity contribution in [3.8, 4) is 11.5 Å². The molecular formula is C29H38ClN3O5. The summed E-state index contributed by atoms with van der Waals surface area (Å²) in [6.07, 6.45) is 2.15. The molecule has 0 radical (unpaired) electrons. The lowest BCUT2D eigenvalue weighted by molar-refractivity contribution is -0.130. The molecule has 2 aliphatic rings. The van der Waals surface area contributed by atoms with Crippen molar-refractivity contribution in [2.24, 2.45) is 0 Å². The third-order valence-corrected chi connectivity index (χ3v) is 7.72. The molecule has 2 N–H and O–H groups in total. The fourth-order valence-corrected chi connectivity index (χ4v) is 5.16. The van der Waals surface area contributed by atoms with Crippen LogP contribution in [-0.4, -0.2) is 70.8 Å². The van der Waals surface area contributed by atoms with Gasteiger partial charge in [-0.05, 0) is 94.5 Å². The molecule has 2 aliphatic heterocycles. The summed E-state index contributed by atoms with van der Waals surface area (Å²) < 4.78 is 11.8. The molecule has 8 nitrogen and oxygen atoms in total. The maximum absolute atomic E-state index is 12.3. The van der Waals surface area contributed by atoms with E-state index < -0.39 is 11.1 Å². The highest BCUT2D eigenvalue weighted by molar-refractivity contribution is 6.32. The van der Waals surface area contributed by atoms with Gasteiger partial charge in [0, 0.05) is 24.7 Å². The number of ether oxygens (including phenoxy) is 2. The number of carbonyl (C=O) groups is 2. The van der Waals surface area contributed by atoms with E-state index in [0.717, 1.165) is 52.7 Å². The van der Waals surface area contributed by atoms with Gasteiger partial charge >= 0.3 is 6.03 Å². The molecule has 0 bridgehead atoms. The molecule has 206 valence electrons. The van der Waals surface area contributed by atoms with Gasteiger partial charge in [0.25, 0.3) is 5.91 Å². The van der Waals surface area contributed by atoms with E-state index in [1.807, 2.05) is 50.2 Å². The van der Waals surface area contributed by atoms with Gasteiger partial charge in [0.2, 0.25) is 0 Å². The van der Waals surface area contributed by atoms with E-state index in [1.54, 1.807) is 13.8 Å². The van der Waals surface area contributed by atoms with Crippen LogP contribution in [0, 0.1) is 13.8 Å². The number of aryl methyl sites for hydroxylation is 2. The largest absolute Gasteiger partial charge is 0.494 e. The van der Waals surface area contributed by atoms with E-state index >= 15 is 0 Å². The number of rotatable bonds is 10. The summed E-state index contributed by atoms with van der Waals surface area (Å²) in [5.41, 5.74) is 1.30. The third-order valence-electron chi connectivity index (χ3n) is 7.12. The van der Waals surface area contributed by atoms with Gasteiger partial charge in [-0.25, -0.2) is 4.79 Å². The van der Waals surface area contributed by atoms with Crippen LogP contribution in [0.25, 0.3) is 0 Å². The number of nitrogens with one attached hydrogen (secondary N) is 1. The Morgan fingerprint density at radius 2 is 1.74 bits per heavy atom. The summed E-state index contributed by atoms with van der Waals surface area (Å²) in [5.74, 6) is 1.26. The molecule has 0 spiro atoms. The van der Waals surface area contributed by atoms with E-state index in [0.29, 0.717) is 32.5 Å². The van der Waals surface area contributed by atoms with Crippen LogP contribution in [0.1, 0.15) is 49.8 Å². The monoisotopic (exact) mass is 543 g/mol. The molecule has 1 atom stereocenters. The molecule has 0 aromatic heterocycles. The Labute approximate surface area is 229 Å². The van der Waals surface area contributed by atoms with Crippen molar-refractivity contribution in [1.29, 1.82) is 0 Å². The number of halogens is 1. The number of hydrogen-bond donors (Lipinski definition) is 2. The number of likely N-dealkylation sites (tertiary alicyclic amines) is 1. The van der Waals surface area contributed by atoms with Crippen molar-refractivity contribution in [1.82, 2.24) is 15.1 Å². The van der Waals surface area contributed by atoms with Crippen molar-refractivity contribution in [3.63, 3.8) is 0 Å². The number of hydrogen-bond acceptors (Lipinski definition) is 6. The Balaban J connectivity index is 1.22. The molecule has 38 heavy (non-hydrogen) atoms. The number of piperidine rings is 1. The van der Waals surface area contributed by atoms with Crippen LogP contribution in [0.2, 0.25) is 5.02 Å². The first kappa shape index (κ1) is 28.2. The van der Waals surface area contributed by atoms with Gasteiger partial charge in [-0.15, -0.1) is 0 Å². The highest BCUT2D eigenvalue weighted by atomic mass is 35.5. The minimum Gasteiger partial charge on any atom is -0.494 e. The first-order chi connectivity index (χ1) is 18.0. The predicted molar refractivity (Wildman–Crippen MR) is 147 cm³/mol. The average Bonchev–Trinajstić information content (AvgIpc) is 3.06. The molecule has 2 saturated heterocycles. The highest BCUT2D eigenvalue weighted by Gasteiger charge is 2.43. The fraction of sp³-hybridized carbons (Fsp3) is 0.517. The molecule has 4 rings (SSSR count). The first-order valence-electron chi connectivity index (χ1n) is 13.2. The van der Waals surface area contributed by atoms with Gasteiger partial charge in [0.15, 0.2) is 0 Å². The quantitative estimate of drug-likeness (QED) is 0.339. The minimum atomic E-state index is -0.911. The zero-order valence-electron chi connectivity index (χ0n) is 22.7. The number of amides is 3. The van der Waals surface area contributed by atoms with Crippen LogP contribution in [0.15, 0.2) is 36.4 Å². The van der Waals surface area contributed by atoms with Crippen LogP contribution >= 0.6 is 11.6 Å².